The van der Waals surface area contributed by atoms with Crippen molar-refractivity contribution in [1.29, 1.82) is 0 Å². The number of ether oxygens (including phenoxy) is 4. The van der Waals surface area contributed by atoms with Crippen molar-refractivity contribution >= 4 is 24.6 Å². The molecule has 0 radical (unpaired) electrons. The molecule has 0 heterocycles. The number of hydrogen-bond acceptors (Lipinski definition) is 12. The summed E-state index contributed by atoms with van der Waals surface area (Å²) < 4.78 is 16.8. The molecule has 0 bridgehead atoms. The van der Waals surface area contributed by atoms with Crippen LogP contribution in [-0.4, -0.2) is 51.0 Å². The van der Waals surface area contributed by atoms with Crippen LogP contribution in [-0.2, 0) is 18.9 Å². The predicted octanol–water partition coefficient (Wildman–Crippen LogP) is 3.71. The summed E-state index contributed by atoms with van der Waals surface area (Å²) in [5, 5.41) is 38.8. The maximum Gasteiger partial charge on any atom is 4.00 e. The Labute approximate surface area is 268 Å². The summed E-state index contributed by atoms with van der Waals surface area (Å²) in [5.74, 6) is 0. The van der Waals surface area contributed by atoms with Crippen LogP contribution in [0.1, 0.15) is 130 Å². The number of hydrogen-bond donors (Lipinski definition) is 0. The molecular formula is C28H52O12Pu. The minimum atomic E-state index is -1.42. The molecule has 0 spiro atoms. The molecule has 0 aromatic heterocycles. The average Bonchev–Trinajstić information content (AvgIpc) is 2.89. The molecule has 0 aromatic carbocycles. The van der Waals surface area contributed by atoms with Crippen LogP contribution in [0.2, 0.25) is 0 Å². The van der Waals surface area contributed by atoms with Gasteiger partial charge in [0.1, 0.15) is 0 Å². The van der Waals surface area contributed by atoms with E-state index in [1.165, 1.54) is 0 Å². The normalized spacial score (nSPS) is 9.07. The molecule has 13 heteroatoms. The van der Waals surface area contributed by atoms with Gasteiger partial charge in [0, 0.05) is 26.4 Å². The van der Waals surface area contributed by atoms with Gasteiger partial charge in [-0.25, -0.2) is 0 Å². The Morgan fingerprint density at radius 2 is 0.537 bits per heavy atom. The zero-order valence-corrected chi connectivity index (χ0v) is 28.8. The molecule has 0 aliphatic heterocycles. The Bertz CT molecular complexity index is 466. The molecule has 0 aliphatic carbocycles. The van der Waals surface area contributed by atoms with E-state index in [2.05, 4.69) is 46.6 Å². The maximum absolute atomic E-state index is 9.70. The number of carbonyl (C=O) groups is 4. The van der Waals surface area contributed by atoms with Gasteiger partial charge in [0.05, 0.1) is 0 Å². The fourth-order valence-corrected chi connectivity index (χ4v) is 2.74. The topological polar surface area (TPSA) is 197 Å². The van der Waals surface area contributed by atoms with Gasteiger partial charge >= 0.3 is 29.2 Å². The largest absolute Gasteiger partial charge is 4.00 e. The summed E-state index contributed by atoms with van der Waals surface area (Å²) in [6.07, 6.45) is 10.8. The molecule has 0 unspecified atom stereocenters. The minimum absolute atomic E-state index is 0. The second-order valence-corrected chi connectivity index (χ2v) is 8.64. The average molecular weight is 825 g/mol. The maximum atomic E-state index is 9.70. The summed E-state index contributed by atoms with van der Waals surface area (Å²) in [6, 6.07) is 0. The Morgan fingerprint density at radius 1 is 0.366 bits per heavy atom. The molecular weight excluding hydrogens is 772 g/mol. The summed E-state index contributed by atoms with van der Waals surface area (Å²) in [6.45, 7) is 9.51. The van der Waals surface area contributed by atoms with Gasteiger partial charge in [0.15, 0.2) is 0 Å². The van der Waals surface area contributed by atoms with Crippen molar-refractivity contribution in [3.05, 3.63) is 0 Å². The fraction of sp³-hybridized carbons (Fsp3) is 0.857. The Balaban J connectivity index is -0.000000139. The van der Waals surface area contributed by atoms with Gasteiger partial charge in [-0.1, -0.05) is 105 Å². The Kier molecular flexibility index (Phi) is 53.6. The quantitative estimate of drug-likeness (QED) is 0.0982. The van der Waals surface area contributed by atoms with E-state index in [-0.39, 0.29) is 55.6 Å². The third kappa shape index (κ3) is 72.9. The summed E-state index contributed by atoms with van der Waals surface area (Å²) >= 11 is 0. The summed E-state index contributed by atoms with van der Waals surface area (Å²) in [4.78, 5) is 38.8. The first-order valence-electron chi connectivity index (χ1n) is 14.4. The SMILES string of the molecule is CCCCCCOC(=O)[O-].CCCCCCOC(=O)[O-].CCCCCCOC(=O)[O-].CCCCCCOC(=O)[O-].[Pu+4]. The van der Waals surface area contributed by atoms with Crippen molar-refractivity contribution in [2.24, 2.45) is 0 Å². The van der Waals surface area contributed by atoms with Crippen LogP contribution < -0.4 is 20.4 Å². The predicted molar refractivity (Wildman–Crippen MR) is 142 cm³/mol. The number of carboxylic acid groups (broad SMARTS) is 4. The van der Waals surface area contributed by atoms with E-state index in [1.807, 2.05) is 0 Å². The van der Waals surface area contributed by atoms with Gasteiger partial charge in [-0.05, 0) is 25.7 Å². The van der Waals surface area contributed by atoms with Crippen molar-refractivity contribution in [2.75, 3.05) is 26.4 Å². The monoisotopic (exact) mass is 818 g/mol. The molecule has 41 heavy (non-hydrogen) atoms. The van der Waals surface area contributed by atoms with Gasteiger partial charge in [-0.15, -0.1) is 0 Å². The third-order valence-corrected chi connectivity index (χ3v) is 4.87. The molecule has 0 fully saturated rings. The smallest absolute Gasteiger partial charge is 0.550 e. The van der Waals surface area contributed by atoms with Crippen LogP contribution in [0.5, 0.6) is 0 Å². The second kappa shape index (κ2) is 45.1. The van der Waals surface area contributed by atoms with Gasteiger partial charge in [0.25, 0.3) is 24.6 Å². The number of unbranched alkanes of at least 4 members (excludes halogenated alkanes) is 12. The van der Waals surface area contributed by atoms with E-state index in [1.54, 1.807) is 0 Å². The molecule has 0 N–H and O–H groups in total. The molecule has 242 valence electrons. The molecule has 0 saturated carbocycles. The van der Waals surface area contributed by atoms with Crippen LogP contribution in [0.4, 0.5) is 19.2 Å². The van der Waals surface area contributed by atoms with Crippen LogP contribution in [0.15, 0.2) is 0 Å². The molecule has 12 nitrogen and oxygen atoms in total. The van der Waals surface area contributed by atoms with Crippen LogP contribution >= 0.6 is 0 Å². The van der Waals surface area contributed by atoms with E-state index in [4.69, 9.17) is 0 Å². The van der Waals surface area contributed by atoms with Crippen molar-refractivity contribution in [1.82, 2.24) is 0 Å². The van der Waals surface area contributed by atoms with Crippen molar-refractivity contribution in [3.63, 3.8) is 0 Å². The van der Waals surface area contributed by atoms with E-state index >= 15 is 0 Å². The molecule has 0 aromatic rings. The zero-order valence-electron chi connectivity index (χ0n) is 25.4. The zero-order chi connectivity index (χ0) is 31.3. The van der Waals surface area contributed by atoms with Crippen molar-refractivity contribution in [3.8, 4) is 0 Å². The second-order valence-electron chi connectivity index (χ2n) is 8.64. The molecule has 0 atom stereocenters. The van der Waals surface area contributed by atoms with E-state index in [0.29, 0.717) is 0 Å². The first-order chi connectivity index (χ1) is 19.1. The molecule has 0 amide bonds. The van der Waals surface area contributed by atoms with Crippen molar-refractivity contribution in [2.45, 2.75) is 130 Å². The number of carbonyl (C=O) groups excluding carboxylic acids is 4. The summed E-state index contributed by atoms with van der Waals surface area (Å²) in [7, 11) is 0. The van der Waals surface area contributed by atoms with Crippen LogP contribution in [0.3, 0.4) is 0 Å². The van der Waals surface area contributed by atoms with E-state index in [9.17, 15) is 39.6 Å². The van der Waals surface area contributed by atoms with Gasteiger partial charge in [0.2, 0.25) is 0 Å². The van der Waals surface area contributed by atoms with E-state index < -0.39 is 24.6 Å². The standard InChI is InChI=1S/4C7H14O3.Pu/c4*1-2-3-4-5-6-10-7(8)9;/h4*2-6H2,1H3,(H,8,9);/q;;;;+4/p-4. The molecule has 0 saturated heterocycles. The Hall–Kier alpha value is -1.93. The number of rotatable bonds is 20. The van der Waals surface area contributed by atoms with Gasteiger partial charge in [-0.3, -0.25) is 0 Å². The van der Waals surface area contributed by atoms with Gasteiger partial charge in [-0.2, -0.15) is 0 Å². The first-order valence-corrected chi connectivity index (χ1v) is 14.4. The minimum Gasteiger partial charge on any atom is -0.550 e. The van der Waals surface area contributed by atoms with Crippen LogP contribution in [0, 0.1) is 29.2 Å². The third-order valence-electron chi connectivity index (χ3n) is 4.87. The van der Waals surface area contributed by atoms with Crippen LogP contribution in [0.25, 0.3) is 0 Å². The summed E-state index contributed by atoms with van der Waals surface area (Å²) in [5.41, 5.74) is 0. The fourth-order valence-electron chi connectivity index (χ4n) is 2.74. The molecule has 0 aliphatic rings. The Morgan fingerprint density at radius 3 is 0.659 bits per heavy atom. The van der Waals surface area contributed by atoms with Crippen molar-refractivity contribution < 1.29 is 87.7 Å². The van der Waals surface area contributed by atoms with Gasteiger partial charge < -0.3 is 58.6 Å². The molecule has 0 rings (SSSR count). The van der Waals surface area contributed by atoms with E-state index in [0.717, 1.165) is 103 Å². The first kappa shape index (κ1) is 48.8.